The lowest BCUT2D eigenvalue weighted by molar-refractivity contribution is -0.144. The smallest absolute Gasteiger partial charge is 0.323 e. The maximum Gasteiger partial charge on any atom is 0.323 e. The van der Waals surface area contributed by atoms with Gasteiger partial charge >= 0.3 is 17.1 Å². The summed E-state index contributed by atoms with van der Waals surface area (Å²) in [5.74, 6) is -0.516. The van der Waals surface area contributed by atoms with Crippen LogP contribution in [0.25, 0.3) is 11.0 Å². The monoisotopic (exact) mass is 355 g/mol. The van der Waals surface area contributed by atoms with Gasteiger partial charge in [0.25, 0.3) is 0 Å². The Balaban J connectivity index is 2.48. The number of aromatic nitrogens is 2. The summed E-state index contributed by atoms with van der Waals surface area (Å²) in [7, 11) is 0. The molecular weight excluding hydrogens is 342 g/mol. The van der Waals surface area contributed by atoms with Gasteiger partial charge in [-0.05, 0) is 24.6 Å². The molecule has 0 saturated heterocycles. The summed E-state index contributed by atoms with van der Waals surface area (Å²) in [4.78, 5) is 39.4. The van der Waals surface area contributed by atoms with Crippen molar-refractivity contribution in [1.29, 1.82) is 0 Å². The Morgan fingerprint density at radius 3 is 2.67 bits per heavy atom. The number of hydrogen-bond acceptors (Lipinski definition) is 5. The van der Waals surface area contributed by atoms with Gasteiger partial charge in [-0.3, -0.25) is 14.4 Å². The van der Waals surface area contributed by atoms with E-state index in [9.17, 15) is 14.4 Å². The number of hydrogen-bond donors (Lipinski definition) is 3. The van der Waals surface area contributed by atoms with Crippen LogP contribution in [-0.2, 0) is 16.0 Å². The highest BCUT2D eigenvalue weighted by Crippen LogP contribution is 2.21. The first-order valence-corrected chi connectivity index (χ1v) is 7.08. The third kappa shape index (κ3) is 3.40. The molecular formula is C13H14BrN3O4. The van der Waals surface area contributed by atoms with E-state index in [4.69, 9.17) is 10.5 Å². The molecule has 1 atom stereocenters. The van der Waals surface area contributed by atoms with Crippen LogP contribution in [0, 0.1) is 0 Å². The van der Waals surface area contributed by atoms with Crippen LogP contribution in [0.2, 0.25) is 0 Å². The third-order valence-electron chi connectivity index (χ3n) is 2.91. The fourth-order valence-electron chi connectivity index (χ4n) is 1.99. The van der Waals surface area contributed by atoms with Crippen molar-refractivity contribution in [2.75, 3.05) is 6.61 Å². The van der Waals surface area contributed by atoms with Gasteiger partial charge in [-0.15, -0.1) is 0 Å². The van der Waals surface area contributed by atoms with Crippen LogP contribution in [0.5, 0.6) is 0 Å². The molecule has 21 heavy (non-hydrogen) atoms. The highest BCUT2D eigenvalue weighted by molar-refractivity contribution is 9.10. The minimum absolute atomic E-state index is 0.177. The van der Waals surface area contributed by atoms with Crippen LogP contribution in [0.4, 0.5) is 0 Å². The predicted octanol–water partition coefficient (Wildman–Crippen LogP) is 0.412. The second-order valence-electron chi connectivity index (χ2n) is 4.46. The van der Waals surface area contributed by atoms with Gasteiger partial charge < -0.3 is 20.4 Å². The van der Waals surface area contributed by atoms with Crippen molar-refractivity contribution in [2.45, 2.75) is 19.4 Å². The first-order valence-electron chi connectivity index (χ1n) is 6.29. The van der Waals surface area contributed by atoms with Crippen molar-refractivity contribution < 1.29 is 9.53 Å². The van der Waals surface area contributed by atoms with Crippen molar-refractivity contribution in [3.8, 4) is 0 Å². The fourth-order valence-corrected chi connectivity index (χ4v) is 2.49. The number of carbonyl (C=O) groups is 1. The minimum atomic E-state index is -0.849. The summed E-state index contributed by atoms with van der Waals surface area (Å²) < 4.78 is 5.55. The van der Waals surface area contributed by atoms with E-state index in [1.165, 1.54) is 0 Å². The van der Waals surface area contributed by atoms with Crippen molar-refractivity contribution in [3.05, 3.63) is 42.9 Å². The van der Waals surface area contributed by atoms with Crippen LogP contribution in [-0.4, -0.2) is 28.6 Å². The van der Waals surface area contributed by atoms with Gasteiger partial charge in [-0.1, -0.05) is 15.9 Å². The lowest BCUT2D eigenvalue weighted by Gasteiger charge is -2.12. The molecule has 112 valence electrons. The number of aromatic amines is 2. The number of halogens is 1. The number of nitrogens with one attached hydrogen (secondary N) is 2. The average molecular weight is 356 g/mol. The Morgan fingerprint density at radius 2 is 2.00 bits per heavy atom. The highest BCUT2D eigenvalue weighted by Gasteiger charge is 2.17. The summed E-state index contributed by atoms with van der Waals surface area (Å²) in [6.07, 6.45) is 0.177. The topological polar surface area (TPSA) is 118 Å². The van der Waals surface area contributed by atoms with E-state index in [1.807, 2.05) is 0 Å². The molecule has 0 amide bonds. The van der Waals surface area contributed by atoms with E-state index in [1.54, 1.807) is 19.1 Å². The number of H-pyrrole nitrogens is 2. The van der Waals surface area contributed by atoms with Gasteiger partial charge in [0.1, 0.15) is 6.04 Å². The molecule has 4 N–H and O–H groups in total. The second-order valence-corrected chi connectivity index (χ2v) is 5.37. The SMILES string of the molecule is CCOC(=O)C(N)Cc1cc(Br)cc2[nH]c(=O)c(=O)[nH]c12. The summed E-state index contributed by atoms with van der Waals surface area (Å²) in [5, 5.41) is 0. The van der Waals surface area contributed by atoms with Gasteiger partial charge in [-0.2, -0.15) is 0 Å². The van der Waals surface area contributed by atoms with Gasteiger partial charge in [0.05, 0.1) is 17.6 Å². The van der Waals surface area contributed by atoms with Crippen LogP contribution in [0.1, 0.15) is 12.5 Å². The molecule has 7 nitrogen and oxygen atoms in total. The van der Waals surface area contributed by atoms with Gasteiger partial charge in [0, 0.05) is 10.9 Å². The number of rotatable bonds is 4. The molecule has 2 rings (SSSR count). The molecule has 0 saturated carbocycles. The zero-order valence-corrected chi connectivity index (χ0v) is 12.8. The van der Waals surface area contributed by atoms with E-state index in [0.29, 0.717) is 21.1 Å². The predicted molar refractivity (Wildman–Crippen MR) is 81.2 cm³/mol. The summed E-state index contributed by atoms with van der Waals surface area (Å²) >= 11 is 3.31. The van der Waals surface area contributed by atoms with Gasteiger partial charge in [0.2, 0.25) is 0 Å². The largest absolute Gasteiger partial charge is 0.465 e. The number of ether oxygens (including phenoxy) is 1. The maximum absolute atomic E-state index is 11.6. The fraction of sp³-hybridized carbons (Fsp3) is 0.308. The molecule has 0 aliphatic carbocycles. The van der Waals surface area contributed by atoms with E-state index in [2.05, 4.69) is 25.9 Å². The number of carbonyl (C=O) groups excluding carboxylic acids is 1. The first-order chi connectivity index (χ1) is 9.92. The average Bonchev–Trinajstić information content (AvgIpc) is 2.41. The van der Waals surface area contributed by atoms with Gasteiger partial charge in [-0.25, -0.2) is 0 Å². The zero-order chi connectivity index (χ0) is 15.6. The van der Waals surface area contributed by atoms with Crippen LogP contribution in [0.3, 0.4) is 0 Å². The van der Waals surface area contributed by atoms with E-state index < -0.39 is 23.1 Å². The molecule has 8 heteroatoms. The second kappa shape index (κ2) is 6.23. The molecule has 0 radical (unpaired) electrons. The molecule has 0 spiro atoms. The van der Waals surface area contributed by atoms with Crippen LogP contribution >= 0.6 is 15.9 Å². The standard InChI is InChI=1S/C13H14BrN3O4/c1-2-21-13(20)8(15)4-6-3-7(14)5-9-10(6)17-12(19)11(18)16-9/h3,5,8H,2,4,15H2,1H3,(H,16,18)(H,17,19). The summed E-state index contributed by atoms with van der Waals surface area (Å²) in [5.41, 5.74) is 5.84. The van der Waals surface area contributed by atoms with E-state index >= 15 is 0 Å². The van der Waals surface area contributed by atoms with Crippen molar-refractivity contribution in [3.63, 3.8) is 0 Å². The number of esters is 1. The quantitative estimate of drug-likeness (QED) is 0.542. The molecule has 0 fully saturated rings. The van der Waals surface area contributed by atoms with Crippen molar-refractivity contribution >= 4 is 32.9 Å². The Kier molecular flexibility index (Phi) is 4.59. The molecule has 1 aromatic carbocycles. The molecule has 1 unspecified atom stereocenters. The zero-order valence-electron chi connectivity index (χ0n) is 11.2. The molecule has 0 bridgehead atoms. The van der Waals surface area contributed by atoms with Crippen LogP contribution in [0.15, 0.2) is 26.2 Å². The molecule has 0 aliphatic heterocycles. The first kappa shape index (κ1) is 15.5. The molecule has 2 aromatic rings. The summed E-state index contributed by atoms with van der Waals surface area (Å²) in [6, 6.07) is 2.54. The van der Waals surface area contributed by atoms with Gasteiger partial charge in [0.15, 0.2) is 0 Å². The Morgan fingerprint density at radius 1 is 1.33 bits per heavy atom. The Hall–Kier alpha value is -1.93. The Bertz CT molecular complexity index is 796. The molecule has 1 heterocycles. The van der Waals surface area contributed by atoms with Crippen LogP contribution < -0.4 is 16.9 Å². The number of fused-ring (bicyclic) bond motifs is 1. The van der Waals surface area contributed by atoms with E-state index in [0.717, 1.165) is 0 Å². The highest BCUT2D eigenvalue weighted by atomic mass is 79.9. The van der Waals surface area contributed by atoms with Crippen molar-refractivity contribution in [2.24, 2.45) is 5.73 Å². The third-order valence-corrected chi connectivity index (χ3v) is 3.36. The lowest BCUT2D eigenvalue weighted by atomic mass is 10.0. The lowest BCUT2D eigenvalue weighted by Crippen LogP contribution is -2.35. The normalized spacial score (nSPS) is 12.3. The minimum Gasteiger partial charge on any atom is -0.465 e. The van der Waals surface area contributed by atoms with Crippen molar-refractivity contribution in [1.82, 2.24) is 9.97 Å². The molecule has 1 aromatic heterocycles. The maximum atomic E-state index is 11.6. The van der Waals surface area contributed by atoms with E-state index in [-0.39, 0.29) is 13.0 Å². The molecule has 0 aliphatic rings. The summed E-state index contributed by atoms with van der Waals surface area (Å²) in [6.45, 7) is 1.94. The number of nitrogens with two attached hydrogens (primary N) is 1. The number of benzene rings is 1. The Labute approximate surface area is 127 Å².